The number of alkyl carbamates (subject to hydrolysis) is 1. The molecular formula is C22H28N4O8S. The van der Waals surface area contributed by atoms with E-state index >= 15 is 0 Å². The van der Waals surface area contributed by atoms with Crippen LogP contribution in [0.5, 0.6) is 11.5 Å². The van der Waals surface area contributed by atoms with Gasteiger partial charge < -0.3 is 29.4 Å². The molecule has 0 unspecified atom stereocenters. The molecule has 0 radical (unpaired) electrons. The number of carbonyl (C=O) groups excluding carboxylic acids is 2. The Balaban J connectivity index is 2.40. The van der Waals surface area contributed by atoms with Gasteiger partial charge in [-0.25, -0.2) is 9.79 Å². The number of rotatable bonds is 10. The third-order valence-electron chi connectivity index (χ3n) is 4.06. The maximum absolute atomic E-state index is 13.0. The number of carbonyl (C=O) groups is 2. The largest absolute Gasteiger partial charge is 0.493 e. The van der Waals surface area contributed by atoms with Crippen molar-refractivity contribution in [2.45, 2.75) is 18.7 Å². The van der Waals surface area contributed by atoms with E-state index in [9.17, 15) is 18.0 Å². The first-order valence-electron chi connectivity index (χ1n) is 10.3. The van der Waals surface area contributed by atoms with Gasteiger partial charge >= 0.3 is 16.2 Å². The number of nitrogens with zero attached hydrogens (tertiary/aromatic N) is 1. The summed E-state index contributed by atoms with van der Waals surface area (Å²) in [6.07, 6.45) is -0.840. The number of methoxy groups -OCH3 is 2. The standard InChI is InChI=1S/C22H28N4O8S/c1-14(2)12-33-16-6-5-7-17(11-16)35(29,30)34-19-10-15(24-21(23)26-22(28)32-4)8-9-18(19)25-20(27)13-31-3/h5-11,14H,12-13H2,1-4H3,(H,25,27)(H3,23,24,26,28). The molecule has 2 aromatic rings. The Labute approximate surface area is 203 Å². The van der Waals surface area contributed by atoms with Crippen LogP contribution in [0.3, 0.4) is 0 Å². The fourth-order valence-corrected chi connectivity index (χ4v) is 3.52. The van der Waals surface area contributed by atoms with Crippen LogP contribution in [0.4, 0.5) is 16.2 Å². The number of anilines is 1. The highest BCUT2D eigenvalue weighted by Gasteiger charge is 2.21. The molecule has 0 heterocycles. The minimum atomic E-state index is -4.35. The molecule has 0 aliphatic heterocycles. The van der Waals surface area contributed by atoms with Crippen molar-refractivity contribution in [1.82, 2.24) is 5.32 Å². The molecule has 190 valence electrons. The highest BCUT2D eigenvalue weighted by Crippen LogP contribution is 2.32. The number of aliphatic imine (C=N–C) groups is 1. The molecule has 0 aliphatic carbocycles. The van der Waals surface area contributed by atoms with Crippen LogP contribution in [0, 0.1) is 5.92 Å². The number of hydrogen-bond acceptors (Lipinski definition) is 9. The predicted octanol–water partition coefficient (Wildman–Crippen LogP) is 2.38. The van der Waals surface area contributed by atoms with Crippen molar-refractivity contribution in [1.29, 1.82) is 0 Å². The van der Waals surface area contributed by atoms with Gasteiger partial charge in [-0.2, -0.15) is 8.42 Å². The van der Waals surface area contributed by atoms with E-state index in [1.54, 1.807) is 6.07 Å². The van der Waals surface area contributed by atoms with E-state index in [1.807, 2.05) is 13.8 Å². The van der Waals surface area contributed by atoms with Crippen LogP contribution in [0.1, 0.15) is 13.8 Å². The minimum Gasteiger partial charge on any atom is -0.493 e. The number of nitrogens with two attached hydrogens (primary N) is 1. The minimum absolute atomic E-state index is 0.0429. The second kappa shape index (κ2) is 12.6. The molecule has 0 saturated carbocycles. The van der Waals surface area contributed by atoms with Crippen molar-refractivity contribution in [3.05, 3.63) is 42.5 Å². The zero-order valence-electron chi connectivity index (χ0n) is 19.7. The lowest BCUT2D eigenvalue weighted by Gasteiger charge is -2.14. The summed E-state index contributed by atoms with van der Waals surface area (Å²) in [6, 6.07) is 9.85. The molecule has 0 aliphatic rings. The average Bonchev–Trinajstić information content (AvgIpc) is 2.79. The quantitative estimate of drug-likeness (QED) is 0.248. The SMILES string of the molecule is COCC(=O)Nc1ccc(N=C(N)NC(=O)OC)cc1OS(=O)(=O)c1cccc(OCC(C)C)c1. The van der Waals surface area contributed by atoms with Gasteiger partial charge in [0, 0.05) is 19.2 Å². The molecule has 0 aromatic heterocycles. The van der Waals surface area contributed by atoms with Crippen LogP contribution in [0.15, 0.2) is 52.4 Å². The van der Waals surface area contributed by atoms with E-state index in [1.165, 1.54) is 43.5 Å². The van der Waals surface area contributed by atoms with Gasteiger partial charge in [-0.05, 0) is 30.2 Å². The first kappa shape index (κ1) is 27.4. The van der Waals surface area contributed by atoms with Gasteiger partial charge in [0.25, 0.3) is 0 Å². The van der Waals surface area contributed by atoms with E-state index in [0.717, 1.165) is 7.11 Å². The van der Waals surface area contributed by atoms with Crippen molar-refractivity contribution in [2.75, 3.05) is 32.8 Å². The second-order valence-electron chi connectivity index (χ2n) is 7.49. The first-order valence-corrected chi connectivity index (χ1v) is 11.7. The Morgan fingerprint density at radius 3 is 2.51 bits per heavy atom. The van der Waals surface area contributed by atoms with Crippen molar-refractivity contribution < 1.29 is 36.4 Å². The molecule has 0 atom stereocenters. The topological polar surface area (TPSA) is 168 Å². The smallest absolute Gasteiger partial charge is 0.413 e. The summed E-state index contributed by atoms with van der Waals surface area (Å²) in [4.78, 5) is 27.1. The summed E-state index contributed by atoms with van der Waals surface area (Å²) in [5, 5.41) is 4.67. The van der Waals surface area contributed by atoms with E-state index in [-0.39, 0.29) is 40.5 Å². The van der Waals surface area contributed by atoms with E-state index in [2.05, 4.69) is 20.4 Å². The zero-order valence-corrected chi connectivity index (χ0v) is 20.5. The summed E-state index contributed by atoms with van der Waals surface area (Å²) in [5.41, 5.74) is 5.82. The van der Waals surface area contributed by atoms with Crippen LogP contribution >= 0.6 is 0 Å². The van der Waals surface area contributed by atoms with Crippen LogP contribution in [-0.2, 0) is 24.4 Å². The summed E-state index contributed by atoms with van der Waals surface area (Å²) in [5.74, 6) is -0.486. The lowest BCUT2D eigenvalue weighted by Crippen LogP contribution is -2.36. The average molecular weight is 509 g/mol. The van der Waals surface area contributed by atoms with Crippen LogP contribution in [0.25, 0.3) is 0 Å². The molecule has 0 saturated heterocycles. The van der Waals surface area contributed by atoms with Crippen molar-refractivity contribution in [2.24, 2.45) is 16.6 Å². The predicted molar refractivity (Wildman–Crippen MR) is 128 cm³/mol. The van der Waals surface area contributed by atoms with E-state index in [4.69, 9.17) is 19.4 Å². The monoisotopic (exact) mass is 508 g/mol. The fourth-order valence-electron chi connectivity index (χ4n) is 2.54. The first-order chi connectivity index (χ1) is 16.5. The third-order valence-corrected chi connectivity index (χ3v) is 5.29. The number of benzene rings is 2. The number of amides is 2. The molecule has 0 fully saturated rings. The Hall–Kier alpha value is -3.84. The van der Waals surface area contributed by atoms with Gasteiger partial charge in [-0.1, -0.05) is 19.9 Å². The van der Waals surface area contributed by atoms with Gasteiger partial charge in [-0.15, -0.1) is 0 Å². The zero-order chi connectivity index (χ0) is 26.0. The Bertz CT molecular complexity index is 1180. The van der Waals surface area contributed by atoms with Crippen molar-refractivity contribution in [3.8, 4) is 11.5 Å². The lowest BCUT2D eigenvalue weighted by atomic mass is 10.2. The van der Waals surface area contributed by atoms with Gasteiger partial charge in [0.1, 0.15) is 17.3 Å². The van der Waals surface area contributed by atoms with Crippen LogP contribution < -0.4 is 25.3 Å². The van der Waals surface area contributed by atoms with E-state index < -0.39 is 22.1 Å². The molecule has 2 amide bonds. The fraction of sp³-hybridized carbons (Fsp3) is 0.318. The summed E-state index contributed by atoms with van der Waals surface area (Å²) >= 11 is 0. The second-order valence-corrected chi connectivity index (χ2v) is 9.04. The maximum Gasteiger partial charge on any atom is 0.413 e. The molecule has 4 N–H and O–H groups in total. The summed E-state index contributed by atoms with van der Waals surface area (Å²) < 4.78 is 46.2. The highest BCUT2D eigenvalue weighted by molar-refractivity contribution is 7.87. The summed E-state index contributed by atoms with van der Waals surface area (Å²) in [7, 11) is -1.85. The highest BCUT2D eigenvalue weighted by atomic mass is 32.2. The summed E-state index contributed by atoms with van der Waals surface area (Å²) in [6.45, 7) is 4.07. The Morgan fingerprint density at radius 2 is 1.86 bits per heavy atom. The Kier molecular flexibility index (Phi) is 9.85. The maximum atomic E-state index is 13.0. The molecule has 0 bridgehead atoms. The molecular weight excluding hydrogens is 480 g/mol. The van der Waals surface area contributed by atoms with Crippen LogP contribution in [-0.4, -0.2) is 53.8 Å². The molecule has 35 heavy (non-hydrogen) atoms. The normalized spacial score (nSPS) is 11.6. The van der Waals surface area contributed by atoms with E-state index in [0.29, 0.717) is 12.4 Å². The van der Waals surface area contributed by atoms with Gasteiger partial charge in [0.05, 0.1) is 25.1 Å². The van der Waals surface area contributed by atoms with Crippen molar-refractivity contribution in [3.63, 3.8) is 0 Å². The lowest BCUT2D eigenvalue weighted by molar-refractivity contribution is -0.119. The number of ether oxygens (including phenoxy) is 3. The van der Waals surface area contributed by atoms with Gasteiger partial charge in [-0.3, -0.25) is 10.1 Å². The molecule has 2 aromatic carbocycles. The molecule has 13 heteroatoms. The van der Waals surface area contributed by atoms with Gasteiger partial charge in [0.2, 0.25) is 11.9 Å². The third kappa shape index (κ3) is 8.79. The van der Waals surface area contributed by atoms with Gasteiger partial charge in [0.15, 0.2) is 5.75 Å². The Morgan fingerprint density at radius 1 is 1.11 bits per heavy atom. The van der Waals surface area contributed by atoms with Crippen molar-refractivity contribution >= 4 is 39.5 Å². The molecule has 0 spiro atoms. The number of hydrogen-bond donors (Lipinski definition) is 3. The van der Waals surface area contributed by atoms with Crippen LogP contribution in [0.2, 0.25) is 0 Å². The number of nitrogens with one attached hydrogen (secondary N) is 2. The molecule has 2 rings (SSSR count). The number of guanidine groups is 1. The molecule has 12 nitrogen and oxygen atoms in total.